The van der Waals surface area contributed by atoms with Crippen LogP contribution in [0.25, 0.3) is 0 Å². The lowest BCUT2D eigenvalue weighted by molar-refractivity contribution is -0.115. The van der Waals surface area contributed by atoms with Crippen LogP contribution in [0.1, 0.15) is 5.56 Å². The largest absolute Gasteiger partial charge is 0.326 e. The second-order valence-electron chi connectivity index (χ2n) is 4.69. The molecule has 6 nitrogen and oxygen atoms in total. The number of carbonyl (C=O) groups is 1. The van der Waals surface area contributed by atoms with Gasteiger partial charge in [-0.3, -0.25) is 4.79 Å². The fraction of sp³-hybridized carbons (Fsp3) is 0.0714. The molecular formula is C14H11ClN2O4S. The van der Waals surface area contributed by atoms with Crippen molar-refractivity contribution in [3.8, 4) is 0 Å². The van der Waals surface area contributed by atoms with E-state index in [1.165, 1.54) is 24.3 Å². The van der Waals surface area contributed by atoms with Crippen LogP contribution in [-0.2, 0) is 25.6 Å². The van der Waals surface area contributed by atoms with Crippen LogP contribution in [0.5, 0.6) is 0 Å². The third-order valence-electron chi connectivity index (χ3n) is 3.08. The first kappa shape index (κ1) is 14.8. The molecule has 0 radical (unpaired) electrons. The van der Waals surface area contributed by atoms with Crippen molar-refractivity contribution in [1.82, 2.24) is 0 Å². The lowest BCUT2D eigenvalue weighted by Crippen LogP contribution is -2.11. The van der Waals surface area contributed by atoms with E-state index < -0.39 is 10.1 Å². The zero-order valence-corrected chi connectivity index (χ0v) is 12.7. The first-order chi connectivity index (χ1) is 10.4. The first-order valence-corrected chi connectivity index (χ1v) is 8.10. The van der Waals surface area contributed by atoms with Crippen molar-refractivity contribution in [2.75, 3.05) is 10.8 Å². The standard InChI is InChI=1S/C14H11ClN2O4S/c15-10-2-1-3-11(8-10)17-21-22(19,20)12-4-5-13-9(6-12)7-14(18)16-13/h1-6,8,17H,7H2,(H,16,18). The molecule has 8 heteroatoms. The van der Waals surface area contributed by atoms with E-state index >= 15 is 0 Å². The van der Waals surface area contributed by atoms with E-state index in [0.29, 0.717) is 22.0 Å². The Morgan fingerprint density at radius 2 is 2.00 bits per heavy atom. The first-order valence-electron chi connectivity index (χ1n) is 6.32. The Morgan fingerprint density at radius 3 is 2.77 bits per heavy atom. The summed E-state index contributed by atoms with van der Waals surface area (Å²) in [5, 5.41) is 3.09. The van der Waals surface area contributed by atoms with E-state index in [9.17, 15) is 13.2 Å². The molecule has 3 rings (SSSR count). The molecule has 114 valence electrons. The number of carbonyl (C=O) groups excluding carboxylic acids is 1. The van der Waals surface area contributed by atoms with Crippen molar-refractivity contribution in [2.24, 2.45) is 0 Å². The van der Waals surface area contributed by atoms with Gasteiger partial charge in [-0.2, -0.15) is 8.42 Å². The summed E-state index contributed by atoms with van der Waals surface area (Å²) in [5.74, 6) is -0.164. The number of benzene rings is 2. The van der Waals surface area contributed by atoms with Crippen molar-refractivity contribution < 1.29 is 17.5 Å². The van der Waals surface area contributed by atoms with Gasteiger partial charge in [-0.15, -0.1) is 4.28 Å². The molecule has 2 N–H and O–H groups in total. The van der Waals surface area contributed by atoms with E-state index in [2.05, 4.69) is 10.8 Å². The van der Waals surface area contributed by atoms with Gasteiger partial charge >= 0.3 is 10.1 Å². The molecule has 22 heavy (non-hydrogen) atoms. The monoisotopic (exact) mass is 338 g/mol. The maximum Gasteiger partial charge on any atom is 0.317 e. The molecule has 1 aliphatic heterocycles. The minimum absolute atomic E-state index is 0.0303. The molecular weight excluding hydrogens is 328 g/mol. The summed E-state index contributed by atoms with van der Waals surface area (Å²) in [6, 6.07) is 10.8. The Hall–Kier alpha value is -2.09. The second-order valence-corrected chi connectivity index (χ2v) is 6.68. The topological polar surface area (TPSA) is 84.5 Å². The summed E-state index contributed by atoms with van der Waals surface area (Å²) in [6.07, 6.45) is 0.153. The van der Waals surface area contributed by atoms with Crippen molar-refractivity contribution in [2.45, 2.75) is 11.3 Å². The Labute approximate surface area is 132 Å². The highest BCUT2D eigenvalue weighted by Gasteiger charge is 2.22. The van der Waals surface area contributed by atoms with Gasteiger partial charge in [0.1, 0.15) is 0 Å². The fourth-order valence-corrected chi connectivity index (χ4v) is 3.08. The SMILES string of the molecule is O=C1Cc2cc(S(=O)(=O)ONc3cccc(Cl)c3)ccc2N1. The van der Waals surface area contributed by atoms with Crippen molar-refractivity contribution >= 4 is 39.0 Å². The molecule has 0 saturated carbocycles. The van der Waals surface area contributed by atoms with Crippen molar-refractivity contribution in [1.29, 1.82) is 0 Å². The Bertz CT molecular complexity index is 852. The minimum atomic E-state index is -4.00. The zero-order valence-electron chi connectivity index (χ0n) is 11.2. The molecule has 0 spiro atoms. The van der Waals surface area contributed by atoms with Gasteiger partial charge in [-0.1, -0.05) is 17.7 Å². The highest BCUT2D eigenvalue weighted by molar-refractivity contribution is 7.86. The van der Waals surface area contributed by atoms with E-state index in [1.54, 1.807) is 18.2 Å². The van der Waals surface area contributed by atoms with E-state index in [4.69, 9.17) is 15.9 Å². The number of halogens is 1. The van der Waals surface area contributed by atoms with Crippen molar-refractivity contribution in [3.63, 3.8) is 0 Å². The smallest absolute Gasteiger partial charge is 0.317 e. The highest BCUT2D eigenvalue weighted by atomic mass is 35.5. The van der Waals surface area contributed by atoms with Crippen LogP contribution in [0.15, 0.2) is 47.4 Å². The van der Waals surface area contributed by atoms with Crippen LogP contribution in [0.4, 0.5) is 11.4 Å². The van der Waals surface area contributed by atoms with Gasteiger partial charge in [0.2, 0.25) is 5.91 Å². The molecule has 1 aliphatic rings. The molecule has 0 saturated heterocycles. The number of nitrogens with one attached hydrogen (secondary N) is 2. The summed E-state index contributed by atoms with van der Waals surface area (Å²) >= 11 is 5.81. The molecule has 0 atom stereocenters. The van der Waals surface area contributed by atoms with Gasteiger partial charge < -0.3 is 5.32 Å². The van der Waals surface area contributed by atoms with Gasteiger partial charge in [-0.05, 0) is 42.0 Å². The molecule has 2 aromatic rings. The lowest BCUT2D eigenvalue weighted by atomic mass is 10.2. The molecule has 1 amide bonds. The second kappa shape index (κ2) is 5.60. The molecule has 1 heterocycles. The van der Waals surface area contributed by atoms with Gasteiger partial charge in [0.25, 0.3) is 0 Å². The molecule has 0 fully saturated rings. The van der Waals surface area contributed by atoms with Crippen LogP contribution < -0.4 is 10.8 Å². The predicted molar refractivity (Wildman–Crippen MR) is 82.1 cm³/mol. The number of fused-ring (bicyclic) bond motifs is 1. The van der Waals surface area contributed by atoms with Crippen LogP contribution >= 0.6 is 11.6 Å². The van der Waals surface area contributed by atoms with E-state index in [1.807, 2.05) is 0 Å². The van der Waals surface area contributed by atoms with Crippen molar-refractivity contribution in [3.05, 3.63) is 53.1 Å². The highest BCUT2D eigenvalue weighted by Crippen LogP contribution is 2.26. The van der Waals surface area contributed by atoms with Crippen LogP contribution in [-0.4, -0.2) is 14.3 Å². The van der Waals surface area contributed by atoms with Crippen LogP contribution in [0.3, 0.4) is 0 Å². The number of hydrogen-bond donors (Lipinski definition) is 2. The number of anilines is 2. The van der Waals surface area contributed by atoms with E-state index in [0.717, 1.165) is 0 Å². The van der Waals surface area contributed by atoms with Crippen LogP contribution in [0, 0.1) is 0 Å². The van der Waals surface area contributed by atoms with E-state index in [-0.39, 0.29) is 17.2 Å². The lowest BCUT2D eigenvalue weighted by Gasteiger charge is -2.08. The average molecular weight is 339 g/mol. The Balaban J connectivity index is 1.79. The minimum Gasteiger partial charge on any atom is -0.326 e. The van der Waals surface area contributed by atoms with Gasteiger partial charge in [0.15, 0.2) is 0 Å². The molecule has 0 bridgehead atoms. The maximum absolute atomic E-state index is 12.1. The average Bonchev–Trinajstić information content (AvgIpc) is 2.84. The molecule has 0 aromatic heterocycles. The molecule has 0 unspecified atom stereocenters. The Kier molecular flexibility index (Phi) is 3.78. The summed E-state index contributed by atoms with van der Waals surface area (Å²) < 4.78 is 29.1. The van der Waals surface area contributed by atoms with Gasteiger partial charge in [0.05, 0.1) is 17.0 Å². The zero-order chi connectivity index (χ0) is 15.7. The predicted octanol–water partition coefficient (Wildman–Crippen LogP) is 2.57. The summed E-state index contributed by atoms with van der Waals surface area (Å²) in [5.41, 5.74) is 4.00. The maximum atomic E-state index is 12.1. The number of hydrogen-bond acceptors (Lipinski definition) is 5. The normalized spacial score (nSPS) is 13.6. The van der Waals surface area contributed by atoms with Gasteiger partial charge in [-0.25, -0.2) is 5.48 Å². The number of rotatable bonds is 4. The van der Waals surface area contributed by atoms with Crippen LogP contribution in [0.2, 0.25) is 5.02 Å². The molecule has 2 aromatic carbocycles. The summed E-state index contributed by atoms with van der Waals surface area (Å²) in [7, 11) is -4.00. The fourth-order valence-electron chi connectivity index (χ4n) is 2.06. The molecule has 0 aliphatic carbocycles. The third kappa shape index (κ3) is 3.06. The summed E-state index contributed by atoms with van der Waals surface area (Å²) in [4.78, 5) is 11.3. The Morgan fingerprint density at radius 1 is 1.18 bits per heavy atom. The third-order valence-corrected chi connectivity index (χ3v) is 4.45. The van der Waals surface area contributed by atoms with Gasteiger partial charge in [0, 0.05) is 10.7 Å². The summed E-state index contributed by atoms with van der Waals surface area (Å²) in [6.45, 7) is 0. The quantitative estimate of drug-likeness (QED) is 0.837. The number of amides is 1.